The summed E-state index contributed by atoms with van der Waals surface area (Å²) in [7, 11) is 0. The minimum atomic E-state index is -1.14. The summed E-state index contributed by atoms with van der Waals surface area (Å²) in [6, 6.07) is 9.97. The van der Waals surface area contributed by atoms with Crippen LogP contribution in [0.5, 0.6) is 0 Å². The van der Waals surface area contributed by atoms with Crippen molar-refractivity contribution in [2.45, 2.75) is 32.3 Å². The van der Waals surface area contributed by atoms with Crippen LogP contribution in [0.2, 0.25) is 0 Å². The third-order valence-corrected chi connectivity index (χ3v) is 4.66. The molecule has 0 saturated carbocycles. The van der Waals surface area contributed by atoms with Gasteiger partial charge in [0.2, 0.25) is 0 Å². The molecule has 0 aromatic heterocycles. The molecule has 0 radical (unpaired) electrons. The van der Waals surface area contributed by atoms with Crippen LogP contribution in [0.3, 0.4) is 0 Å². The van der Waals surface area contributed by atoms with Gasteiger partial charge in [-0.1, -0.05) is 0 Å². The lowest BCUT2D eigenvalue weighted by Gasteiger charge is -2.28. The molecule has 2 aromatic rings. The molecule has 7 heteroatoms. The first-order valence-corrected chi connectivity index (χ1v) is 9.26. The molecule has 0 aliphatic carbocycles. The van der Waals surface area contributed by atoms with Crippen molar-refractivity contribution in [2.24, 2.45) is 0 Å². The van der Waals surface area contributed by atoms with Crippen molar-refractivity contribution in [3.05, 3.63) is 59.7 Å². The van der Waals surface area contributed by atoms with E-state index in [9.17, 15) is 18.4 Å². The molecule has 0 bridgehead atoms. The van der Waals surface area contributed by atoms with Gasteiger partial charge in [-0.25, -0.2) is 13.6 Å². The molecule has 1 fully saturated rings. The van der Waals surface area contributed by atoms with E-state index in [2.05, 4.69) is 10.2 Å². The fraction of sp³-hybridized carbons (Fsp3) is 0.333. The summed E-state index contributed by atoms with van der Waals surface area (Å²) in [6.07, 6.45) is 2.47. The van der Waals surface area contributed by atoms with Crippen LogP contribution >= 0.6 is 0 Å². The Hall–Kier alpha value is -2.96. The summed E-state index contributed by atoms with van der Waals surface area (Å²) in [5.41, 5.74) is 1.25. The molecule has 1 amide bonds. The maximum absolute atomic E-state index is 13.6. The minimum Gasteiger partial charge on any atom is -0.449 e. The summed E-state index contributed by atoms with van der Waals surface area (Å²) in [6.45, 7) is 3.44. The Balaban J connectivity index is 1.56. The lowest BCUT2D eigenvalue weighted by molar-refractivity contribution is -0.123. The molecule has 1 aliphatic heterocycles. The average molecular weight is 388 g/mol. The van der Waals surface area contributed by atoms with Crippen molar-refractivity contribution >= 4 is 23.3 Å². The summed E-state index contributed by atoms with van der Waals surface area (Å²) < 4.78 is 31.6. The number of nitrogens with zero attached hydrogens (tertiary/aromatic N) is 1. The third-order valence-electron chi connectivity index (χ3n) is 4.66. The molecule has 1 N–H and O–H groups in total. The van der Waals surface area contributed by atoms with Crippen LogP contribution < -0.4 is 10.2 Å². The number of piperidine rings is 1. The van der Waals surface area contributed by atoms with Gasteiger partial charge in [0, 0.05) is 30.5 Å². The van der Waals surface area contributed by atoms with E-state index in [0.717, 1.165) is 30.9 Å². The topological polar surface area (TPSA) is 58.6 Å². The number of hydrogen-bond donors (Lipinski definition) is 1. The largest absolute Gasteiger partial charge is 0.449 e. The van der Waals surface area contributed by atoms with Gasteiger partial charge in [0.05, 0.1) is 5.56 Å². The molecule has 1 heterocycles. The maximum Gasteiger partial charge on any atom is 0.341 e. The van der Waals surface area contributed by atoms with Gasteiger partial charge >= 0.3 is 5.97 Å². The van der Waals surface area contributed by atoms with E-state index in [1.54, 1.807) is 12.1 Å². The van der Waals surface area contributed by atoms with Gasteiger partial charge < -0.3 is 15.0 Å². The smallest absolute Gasteiger partial charge is 0.341 e. The predicted octanol–water partition coefficient (Wildman–Crippen LogP) is 4.14. The first kappa shape index (κ1) is 19.8. The Kier molecular flexibility index (Phi) is 6.23. The molecule has 2 aromatic carbocycles. The second-order valence-electron chi connectivity index (χ2n) is 6.76. The highest BCUT2D eigenvalue weighted by atomic mass is 19.1. The Morgan fingerprint density at radius 2 is 1.71 bits per heavy atom. The molecule has 1 atom stereocenters. The Bertz CT molecular complexity index is 849. The van der Waals surface area contributed by atoms with E-state index < -0.39 is 35.2 Å². The zero-order chi connectivity index (χ0) is 20.1. The van der Waals surface area contributed by atoms with E-state index in [-0.39, 0.29) is 0 Å². The van der Waals surface area contributed by atoms with Gasteiger partial charge in [-0.3, -0.25) is 4.79 Å². The van der Waals surface area contributed by atoms with E-state index in [4.69, 9.17) is 4.74 Å². The van der Waals surface area contributed by atoms with Crippen LogP contribution in [0.4, 0.5) is 20.2 Å². The van der Waals surface area contributed by atoms with Crippen molar-refractivity contribution in [1.82, 2.24) is 0 Å². The van der Waals surface area contributed by atoms with Gasteiger partial charge in [-0.15, -0.1) is 0 Å². The molecule has 3 rings (SSSR count). The number of hydrogen-bond acceptors (Lipinski definition) is 4. The van der Waals surface area contributed by atoms with Gasteiger partial charge in [-0.05, 0) is 62.6 Å². The molecular weight excluding hydrogens is 366 g/mol. The van der Waals surface area contributed by atoms with Crippen LogP contribution in [0.25, 0.3) is 0 Å². The van der Waals surface area contributed by atoms with Crippen LogP contribution in [-0.4, -0.2) is 31.1 Å². The number of nitrogens with one attached hydrogen (secondary N) is 1. The Morgan fingerprint density at radius 1 is 1.04 bits per heavy atom. The zero-order valence-electron chi connectivity index (χ0n) is 15.6. The number of anilines is 2. The monoisotopic (exact) mass is 388 g/mol. The van der Waals surface area contributed by atoms with Crippen LogP contribution in [0, 0.1) is 11.6 Å². The summed E-state index contributed by atoms with van der Waals surface area (Å²) in [4.78, 5) is 26.5. The van der Waals surface area contributed by atoms with Crippen molar-refractivity contribution in [1.29, 1.82) is 0 Å². The van der Waals surface area contributed by atoms with Gasteiger partial charge in [0.15, 0.2) is 6.10 Å². The first-order valence-electron chi connectivity index (χ1n) is 9.26. The quantitative estimate of drug-likeness (QED) is 0.782. The SMILES string of the molecule is C[C@H](OC(=O)c1ccc(F)cc1F)C(=O)Nc1ccc(N2CCCCC2)cc1. The molecule has 148 valence electrons. The maximum atomic E-state index is 13.6. The van der Waals surface area contributed by atoms with Crippen LogP contribution in [0.15, 0.2) is 42.5 Å². The Morgan fingerprint density at radius 3 is 2.36 bits per heavy atom. The molecule has 0 unspecified atom stereocenters. The summed E-state index contributed by atoms with van der Waals surface area (Å²) in [5.74, 6) is -3.40. The van der Waals surface area contributed by atoms with E-state index in [0.29, 0.717) is 11.8 Å². The van der Waals surface area contributed by atoms with E-state index in [1.807, 2.05) is 12.1 Å². The fourth-order valence-electron chi connectivity index (χ4n) is 3.08. The first-order chi connectivity index (χ1) is 13.4. The summed E-state index contributed by atoms with van der Waals surface area (Å²) >= 11 is 0. The van der Waals surface area contributed by atoms with Gasteiger partial charge in [0.25, 0.3) is 5.91 Å². The van der Waals surface area contributed by atoms with E-state index in [1.165, 1.54) is 26.2 Å². The van der Waals surface area contributed by atoms with Gasteiger partial charge in [0.1, 0.15) is 11.6 Å². The highest BCUT2D eigenvalue weighted by Crippen LogP contribution is 2.22. The lowest BCUT2D eigenvalue weighted by Crippen LogP contribution is -2.30. The van der Waals surface area contributed by atoms with Crippen molar-refractivity contribution in [3.63, 3.8) is 0 Å². The number of halogens is 2. The highest BCUT2D eigenvalue weighted by Gasteiger charge is 2.21. The number of amides is 1. The van der Waals surface area contributed by atoms with Gasteiger partial charge in [-0.2, -0.15) is 0 Å². The number of rotatable bonds is 5. The molecular formula is C21H22F2N2O3. The van der Waals surface area contributed by atoms with Crippen molar-refractivity contribution in [2.75, 3.05) is 23.3 Å². The Labute approximate surface area is 162 Å². The number of carbonyl (C=O) groups excluding carboxylic acids is 2. The number of ether oxygens (including phenoxy) is 1. The van der Waals surface area contributed by atoms with Crippen molar-refractivity contribution < 1.29 is 23.1 Å². The van der Waals surface area contributed by atoms with Crippen molar-refractivity contribution in [3.8, 4) is 0 Å². The number of carbonyl (C=O) groups is 2. The molecule has 0 spiro atoms. The normalized spacial score (nSPS) is 15.0. The summed E-state index contributed by atoms with van der Waals surface area (Å²) in [5, 5.41) is 2.66. The number of esters is 1. The highest BCUT2D eigenvalue weighted by molar-refractivity contribution is 5.97. The minimum absolute atomic E-state index is 0.424. The third kappa shape index (κ3) is 4.85. The lowest BCUT2D eigenvalue weighted by atomic mass is 10.1. The predicted molar refractivity (Wildman–Crippen MR) is 102 cm³/mol. The zero-order valence-corrected chi connectivity index (χ0v) is 15.6. The second kappa shape index (κ2) is 8.82. The van der Waals surface area contributed by atoms with Crippen LogP contribution in [0.1, 0.15) is 36.5 Å². The van der Waals surface area contributed by atoms with E-state index >= 15 is 0 Å². The molecule has 28 heavy (non-hydrogen) atoms. The molecule has 1 saturated heterocycles. The molecule has 5 nitrogen and oxygen atoms in total. The van der Waals surface area contributed by atoms with Crippen LogP contribution in [-0.2, 0) is 9.53 Å². The molecule has 1 aliphatic rings. The average Bonchev–Trinajstić information content (AvgIpc) is 2.69. The number of benzene rings is 2. The fourth-order valence-corrected chi connectivity index (χ4v) is 3.08. The second-order valence-corrected chi connectivity index (χ2v) is 6.76. The standard InChI is InChI=1S/C21H22F2N2O3/c1-14(28-21(27)18-10-5-15(22)13-19(18)23)20(26)24-16-6-8-17(9-7-16)25-11-3-2-4-12-25/h5-10,13-14H,2-4,11-12H2,1H3,(H,24,26)/t14-/m0/s1.